The van der Waals surface area contributed by atoms with Gasteiger partial charge in [-0.05, 0) is 19.9 Å². The Hall–Kier alpha value is -1.88. The van der Waals surface area contributed by atoms with Crippen molar-refractivity contribution in [3.8, 4) is 5.82 Å². The maximum atomic E-state index is 10.8. The number of imidazole rings is 1. The van der Waals surface area contributed by atoms with Gasteiger partial charge in [0.25, 0.3) is 0 Å². The minimum Gasteiger partial charge on any atom is -0.478 e. The molecule has 88 valence electrons. The lowest BCUT2D eigenvalue weighted by Gasteiger charge is -2.07. The first-order valence-corrected chi connectivity index (χ1v) is 5.28. The van der Waals surface area contributed by atoms with Gasteiger partial charge in [-0.2, -0.15) is 0 Å². The fourth-order valence-corrected chi connectivity index (χ4v) is 1.69. The molecular weight excluding hydrogens is 242 g/mol. The van der Waals surface area contributed by atoms with Crippen LogP contribution < -0.4 is 0 Å². The van der Waals surface area contributed by atoms with Gasteiger partial charge >= 0.3 is 5.97 Å². The number of hydrogen-bond acceptors (Lipinski definition) is 3. The van der Waals surface area contributed by atoms with Gasteiger partial charge in [-0.15, -0.1) is 0 Å². The van der Waals surface area contributed by atoms with E-state index in [0.717, 1.165) is 11.4 Å². The highest BCUT2D eigenvalue weighted by Crippen LogP contribution is 2.21. The first-order chi connectivity index (χ1) is 8.00. The average molecular weight is 252 g/mol. The highest BCUT2D eigenvalue weighted by molar-refractivity contribution is 6.32. The third-order valence-corrected chi connectivity index (χ3v) is 2.83. The number of halogens is 1. The van der Waals surface area contributed by atoms with Gasteiger partial charge < -0.3 is 5.11 Å². The maximum absolute atomic E-state index is 10.8. The molecule has 0 spiro atoms. The smallest absolute Gasteiger partial charge is 0.337 e. The lowest BCUT2D eigenvalue weighted by atomic mass is 10.3. The molecule has 0 aliphatic rings. The standard InChI is InChI=1S/C11H10ClN3O2/c1-6-7(2)15(5-14-6)10-9(12)3-8(4-13-10)11(16)17/h3-5H,1-2H3,(H,16,17). The Morgan fingerprint density at radius 3 is 2.59 bits per heavy atom. The molecular formula is C11H10ClN3O2. The fraction of sp³-hybridized carbons (Fsp3) is 0.182. The van der Waals surface area contributed by atoms with Crippen molar-refractivity contribution in [1.82, 2.24) is 14.5 Å². The van der Waals surface area contributed by atoms with Crippen molar-refractivity contribution in [3.63, 3.8) is 0 Å². The number of aryl methyl sites for hydroxylation is 1. The number of hydrogen-bond donors (Lipinski definition) is 1. The Bertz CT molecular complexity index is 592. The molecule has 5 nitrogen and oxygen atoms in total. The zero-order valence-corrected chi connectivity index (χ0v) is 10.1. The zero-order chi connectivity index (χ0) is 12.6. The molecule has 0 aliphatic carbocycles. The quantitative estimate of drug-likeness (QED) is 0.889. The van der Waals surface area contributed by atoms with Crippen LogP contribution in [0.4, 0.5) is 0 Å². The summed E-state index contributed by atoms with van der Waals surface area (Å²) < 4.78 is 1.73. The maximum Gasteiger partial charge on any atom is 0.337 e. The summed E-state index contributed by atoms with van der Waals surface area (Å²) in [5.41, 5.74) is 1.86. The van der Waals surface area contributed by atoms with Gasteiger partial charge in [0.15, 0.2) is 5.82 Å². The number of carboxylic acid groups (broad SMARTS) is 1. The molecule has 0 aliphatic heterocycles. The summed E-state index contributed by atoms with van der Waals surface area (Å²) in [5.74, 6) is -0.570. The molecule has 0 atom stereocenters. The van der Waals surface area contributed by atoms with E-state index in [1.165, 1.54) is 12.3 Å². The van der Waals surface area contributed by atoms with E-state index in [9.17, 15) is 4.79 Å². The molecule has 0 unspecified atom stereocenters. The summed E-state index contributed by atoms with van der Waals surface area (Å²) in [6, 6.07) is 1.38. The number of aromatic nitrogens is 3. The van der Waals surface area contributed by atoms with Crippen LogP contribution in [0.15, 0.2) is 18.6 Å². The largest absolute Gasteiger partial charge is 0.478 e. The molecule has 2 aromatic rings. The van der Waals surface area contributed by atoms with E-state index in [1.807, 2.05) is 13.8 Å². The number of carboxylic acids is 1. The van der Waals surface area contributed by atoms with Crippen LogP contribution >= 0.6 is 11.6 Å². The number of carbonyl (C=O) groups is 1. The third-order valence-electron chi connectivity index (χ3n) is 2.55. The minimum atomic E-state index is -1.05. The van der Waals surface area contributed by atoms with E-state index in [1.54, 1.807) is 10.9 Å². The number of nitrogens with zero attached hydrogens (tertiary/aromatic N) is 3. The molecule has 2 heterocycles. The van der Waals surface area contributed by atoms with Crippen LogP contribution in [0.1, 0.15) is 21.7 Å². The Morgan fingerprint density at radius 2 is 2.12 bits per heavy atom. The topological polar surface area (TPSA) is 68.0 Å². The Morgan fingerprint density at radius 1 is 1.41 bits per heavy atom. The molecule has 0 radical (unpaired) electrons. The van der Waals surface area contributed by atoms with Crippen LogP contribution in [0.5, 0.6) is 0 Å². The highest BCUT2D eigenvalue weighted by atomic mass is 35.5. The van der Waals surface area contributed by atoms with Crippen LogP contribution in [0.3, 0.4) is 0 Å². The van der Waals surface area contributed by atoms with Gasteiger partial charge in [-0.3, -0.25) is 4.57 Å². The van der Waals surface area contributed by atoms with Gasteiger partial charge in [0.05, 0.1) is 16.3 Å². The van der Waals surface area contributed by atoms with Crippen molar-refractivity contribution < 1.29 is 9.90 Å². The first-order valence-electron chi connectivity index (χ1n) is 4.90. The second kappa shape index (κ2) is 4.18. The monoisotopic (exact) mass is 251 g/mol. The second-order valence-corrected chi connectivity index (χ2v) is 4.03. The van der Waals surface area contributed by atoms with Crippen LogP contribution in [0, 0.1) is 13.8 Å². The van der Waals surface area contributed by atoms with Crippen LogP contribution in [0.25, 0.3) is 5.82 Å². The number of aromatic carboxylic acids is 1. The van der Waals surface area contributed by atoms with Gasteiger partial charge in [-0.1, -0.05) is 11.6 Å². The van der Waals surface area contributed by atoms with Crippen LogP contribution in [-0.4, -0.2) is 25.6 Å². The summed E-state index contributed by atoms with van der Waals surface area (Å²) in [6.45, 7) is 3.77. The van der Waals surface area contributed by atoms with Crippen LogP contribution in [0.2, 0.25) is 5.02 Å². The molecule has 2 aromatic heterocycles. The Labute approximate surface area is 103 Å². The lowest BCUT2D eigenvalue weighted by Crippen LogP contribution is -2.03. The number of pyridine rings is 1. The summed E-state index contributed by atoms with van der Waals surface area (Å²) >= 11 is 6.01. The molecule has 0 amide bonds. The molecule has 0 saturated heterocycles. The van der Waals surface area contributed by atoms with Gasteiger partial charge in [0.2, 0.25) is 0 Å². The number of rotatable bonds is 2. The van der Waals surface area contributed by atoms with Crippen molar-refractivity contribution in [2.45, 2.75) is 13.8 Å². The van der Waals surface area contributed by atoms with E-state index in [0.29, 0.717) is 5.82 Å². The van der Waals surface area contributed by atoms with Crippen LogP contribution in [-0.2, 0) is 0 Å². The van der Waals surface area contributed by atoms with E-state index in [2.05, 4.69) is 9.97 Å². The molecule has 0 aromatic carbocycles. The minimum absolute atomic E-state index is 0.0632. The average Bonchev–Trinajstić information content (AvgIpc) is 2.60. The Balaban J connectivity index is 2.54. The van der Waals surface area contributed by atoms with Crippen molar-refractivity contribution >= 4 is 17.6 Å². The fourth-order valence-electron chi connectivity index (χ4n) is 1.44. The SMILES string of the molecule is Cc1ncn(-c2ncc(C(=O)O)cc2Cl)c1C. The zero-order valence-electron chi connectivity index (χ0n) is 9.31. The van der Waals surface area contributed by atoms with Gasteiger partial charge in [-0.25, -0.2) is 14.8 Å². The summed E-state index contributed by atoms with van der Waals surface area (Å²) in [6.07, 6.45) is 2.89. The summed E-state index contributed by atoms with van der Waals surface area (Å²) in [4.78, 5) is 18.9. The molecule has 0 saturated carbocycles. The lowest BCUT2D eigenvalue weighted by molar-refractivity contribution is 0.0696. The predicted octanol–water partition coefficient (Wildman–Crippen LogP) is 2.24. The van der Waals surface area contributed by atoms with E-state index < -0.39 is 5.97 Å². The van der Waals surface area contributed by atoms with E-state index in [-0.39, 0.29) is 10.6 Å². The van der Waals surface area contributed by atoms with Crippen molar-refractivity contribution in [2.75, 3.05) is 0 Å². The molecule has 0 fully saturated rings. The van der Waals surface area contributed by atoms with Crippen molar-refractivity contribution in [1.29, 1.82) is 0 Å². The van der Waals surface area contributed by atoms with Crippen molar-refractivity contribution in [2.24, 2.45) is 0 Å². The predicted molar refractivity (Wildman–Crippen MR) is 62.8 cm³/mol. The van der Waals surface area contributed by atoms with Gasteiger partial charge in [0.1, 0.15) is 6.33 Å². The summed E-state index contributed by atoms with van der Waals surface area (Å²) in [5, 5.41) is 9.09. The molecule has 17 heavy (non-hydrogen) atoms. The van der Waals surface area contributed by atoms with E-state index in [4.69, 9.17) is 16.7 Å². The Kier molecular flexibility index (Phi) is 2.85. The van der Waals surface area contributed by atoms with E-state index >= 15 is 0 Å². The van der Waals surface area contributed by atoms with Crippen molar-refractivity contribution in [3.05, 3.63) is 40.6 Å². The molecule has 0 bridgehead atoms. The van der Waals surface area contributed by atoms with Gasteiger partial charge in [0, 0.05) is 11.9 Å². The summed E-state index contributed by atoms with van der Waals surface area (Å²) in [7, 11) is 0. The first kappa shape index (κ1) is 11.6. The normalized spacial score (nSPS) is 10.5. The second-order valence-electron chi connectivity index (χ2n) is 3.62. The molecule has 2 rings (SSSR count). The molecule has 6 heteroatoms. The third kappa shape index (κ3) is 2.01. The highest BCUT2D eigenvalue weighted by Gasteiger charge is 2.12. The molecule has 1 N–H and O–H groups in total.